The van der Waals surface area contributed by atoms with Crippen molar-refractivity contribution < 1.29 is 35.4 Å². The van der Waals surface area contributed by atoms with Crippen molar-refractivity contribution in [2.45, 2.75) is 36.4 Å². The molecule has 6 N–H and O–H groups in total. The third kappa shape index (κ3) is 0.698. The monoisotopic (exact) mass is 208 g/mol. The Morgan fingerprint density at radius 3 is 1.43 bits per heavy atom. The van der Waals surface area contributed by atoms with Gasteiger partial charge in [-0.05, 0) is 13.8 Å². The molecule has 7 heteroatoms. The SMILES string of the molecule is CC1(O)C(C)(O)C(O)(C(=O)O)C1(O)O. The Kier molecular flexibility index (Phi) is 1.83. The first-order valence-electron chi connectivity index (χ1n) is 3.80. The summed E-state index contributed by atoms with van der Waals surface area (Å²) in [7, 11) is 0. The van der Waals surface area contributed by atoms with Crippen molar-refractivity contribution in [2.75, 3.05) is 0 Å². The third-order valence-corrected chi connectivity index (χ3v) is 3.15. The molecule has 3 unspecified atom stereocenters. The average molecular weight is 208 g/mol. The van der Waals surface area contributed by atoms with Crippen LogP contribution in [-0.2, 0) is 4.79 Å². The minimum atomic E-state index is -3.31. The lowest BCUT2D eigenvalue weighted by atomic mass is 9.51. The zero-order chi connectivity index (χ0) is 11.6. The molecule has 82 valence electrons. The summed E-state index contributed by atoms with van der Waals surface area (Å²) in [5.41, 5.74) is -8.31. The Morgan fingerprint density at radius 2 is 1.29 bits per heavy atom. The fourth-order valence-corrected chi connectivity index (χ4v) is 1.68. The average Bonchev–Trinajstić information content (AvgIpc) is 2.00. The van der Waals surface area contributed by atoms with E-state index in [-0.39, 0.29) is 0 Å². The Labute approximate surface area is 78.8 Å². The second-order valence-electron chi connectivity index (χ2n) is 3.83. The second-order valence-corrected chi connectivity index (χ2v) is 3.83. The molecule has 0 amide bonds. The van der Waals surface area contributed by atoms with E-state index < -0.39 is 28.6 Å². The number of hydrogen-bond acceptors (Lipinski definition) is 6. The van der Waals surface area contributed by atoms with E-state index in [2.05, 4.69) is 0 Å². The molecule has 0 heterocycles. The van der Waals surface area contributed by atoms with Crippen molar-refractivity contribution in [3.05, 3.63) is 0 Å². The molecule has 0 aromatic heterocycles. The third-order valence-electron chi connectivity index (χ3n) is 3.15. The van der Waals surface area contributed by atoms with Crippen molar-refractivity contribution >= 4 is 5.97 Å². The molecule has 1 fully saturated rings. The molecule has 0 aromatic rings. The van der Waals surface area contributed by atoms with E-state index in [4.69, 9.17) is 5.11 Å². The summed E-state index contributed by atoms with van der Waals surface area (Å²) in [6, 6.07) is 0. The Hall–Kier alpha value is -0.730. The number of carboxylic acid groups (broad SMARTS) is 1. The molecular formula is C7H12O7. The van der Waals surface area contributed by atoms with Crippen LogP contribution in [0.4, 0.5) is 0 Å². The van der Waals surface area contributed by atoms with E-state index in [1.165, 1.54) is 0 Å². The van der Waals surface area contributed by atoms with E-state index in [0.29, 0.717) is 0 Å². The summed E-state index contributed by atoms with van der Waals surface area (Å²) >= 11 is 0. The summed E-state index contributed by atoms with van der Waals surface area (Å²) < 4.78 is 0. The number of carbonyl (C=O) groups is 1. The molecule has 0 aromatic carbocycles. The summed E-state index contributed by atoms with van der Waals surface area (Å²) in [4.78, 5) is 10.6. The highest BCUT2D eigenvalue weighted by Gasteiger charge is 2.88. The van der Waals surface area contributed by atoms with Gasteiger partial charge >= 0.3 is 5.97 Å². The molecule has 3 atom stereocenters. The first-order valence-corrected chi connectivity index (χ1v) is 3.80. The molecule has 0 aliphatic heterocycles. The van der Waals surface area contributed by atoms with Crippen molar-refractivity contribution in [2.24, 2.45) is 0 Å². The molecule has 1 saturated carbocycles. The van der Waals surface area contributed by atoms with Crippen LogP contribution in [0, 0.1) is 0 Å². The van der Waals surface area contributed by atoms with Gasteiger partial charge in [-0.2, -0.15) is 0 Å². The Bertz CT molecular complexity index is 272. The lowest BCUT2D eigenvalue weighted by Gasteiger charge is -2.65. The molecule has 1 aliphatic carbocycles. The van der Waals surface area contributed by atoms with Crippen LogP contribution in [0.2, 0.25) is 0 Å². The van der Waals surface area contributed by atoms with Gasteiger partial charge in [0, 0.05) is 0 Å². The number of rotatable bonds is 1. The van der Waals surface area contributed by atoms with Crippen molar-refractivity contribution in [1.29, 1.82) is 0 Å². The van der Waals surface area contributed by atoms with Gasteiger partial charge in [-0.25, -0.2) is 4.79 Å². The summed E-state index contributed by atoms with van der Waals surface area (Å²) in [6.45, 7) is 1.61. The first-order chi connectivity index (χ1) is 5.94. The summed E-state index contributed by atoms with van der Waals surface area (Å²) in [6.07, 6.45) is 0. The predicted molar refractivity (Wildman–Crippen MR) is 41.0 cm³/mol. The molecular weight excluding hydrogens is 196 g/mol. The molecule has 1 rings (SSSR count). The van der Waals surface area contributed by atoms with Crippen LogP contribution in [0.25, 0.3) is 0 Å². The van der Waals surface area contributed by atoms with Gasteiger partial charge in [0.2, 0.25) is 5.79 Å². The topological polar surface area (TPSA) is 138 Å². The zero-order valence-electron chi connectivity index (χ0n) is 7.59. The fraction of sp³-hybridized carbons (Fsp3) is 0.857. The van der Waals surface area contributed by atoms with Crippen LogP contribution in [-0.4, -0.2) is 59.2 Å². The predicted octanol–water partition coefficient (Wildman–Crippen LogP) is -3.00. The van der Waals surface area contributed by atoms with Gasteiger partial charge in [-0.3, -0.25) is 0 Å². The molecule has 0 radical (unpaired) electrons. The van der Waals surface area contributed by atoms with Gasteiger partial charge in [0.1, 0.15) is 5.60 Å². The highest BCUT2D eigenvalue weighted by molar-refractivity contribution is 5.84. The van der Waals surface area contributed by atoms with E-state index in [9.17, 15) is 30.3 Å². The van der Waals surface area contributed by atoms with Crippen molar-refractivity contribution in [1.82, 2.24) is 0 Å². The second kappa shape index (κ2) is 2.26. The number of aliphatic carboxylic acids is 1. The molecule has 7 nitrogen and oxygen atoms in total. The highest BCUT2D eigenvalue weighted by Crippen LogP contribution is 2.56. The summed E-state index contributed by atoms with van der Waals surface area (Å²) in [5.74, 6) is -5.34. The van der Waals surface area contributed by atoms with E-state index in [0.717, 1.165) is 13.8 Å². The minimum absolute atomic E-state index is 0.797. The smallest absolute Gasteiger partial charge is 0.344 e. The lowest BCUT2D eigenvalue weighted by molar-refractivity contribution is -0.479. The van der Waals surface area contributed by atoms with Gasteiger partial charge in [-0.1, -0.05) is 0 Å². The lowest BCUT2D eigenvalue weighted by Crippen LogP contribution is -2.95. The van der Waals surface area contributed by atoms with Crippen LogP contribution < -0.4 is 0 Å². The Balaban J connectivity index is 3.32. The van der Waals surface area contributed by atoms with Gasteiger partial charge in [0.25, 0.3) is 5.60 Å². The van der Waals surface area contributed by atoms with Crippen LogP contribution >= 0.6 is 0 Å². The molecule has 0 spiro atoms. The Morgan fingerprint density at radius 1 is 0.929 bits per heavy atom. The number of hydrogen-bond donors (Lipinski definition) is 6. The number of carboxylic acids is 1. The van der Waals surface area contributed by atoms with Gasteiger partial charge in [0.15, 0.2) is 5.60 Å². The van der Waals surface area contributed by atoms with Gasteiger partial charge in [0.05, 0.1) is 0 Å². The van der Waals surface area contributed by atoms with Gasteiger partial charge < -0.3 is 30.6 Å². The minimum Gasteiger partial charge on any atom is -0.479 e. The van der Waals surface area contributed by atoms with Crippen LogP contribution in [0.5, 0.6) is 0 Å². The zero-order valence-corrected chi connectivity index (χ0v) is 7.59. The maximum atomic E-state index is 10.6. The molecule has 0 saturated heterocycles. The van der Waals surface area contributed by atoms with E-state index >= 15 is 0 Å². The first kappa shape index (κ1) is 11.3. The fourth-order valence-electron chi connectivity index (χ4n) is 1.68. The maximum Gasteiger partial charge on any atom is 0.344 e. The number of aliphatic hydroxyl groups is 5. The van der Waals surface area contributed by atoms with Crippen molar-refractivity contribution in [3.8, 4) is 0 Å². The normalized spacial score (nSPS) is 51.1. The van der Waals surface area contributed by atoms with E-state index in [1.807, 2.05) is 0 Å². The van der Waals surface area contributed by atoms with Crippen LogP contribution in [0.3, 0.4) is 0 Å². The highest BCUT2D eigenvalue weighted by atomic mass is 16.6. The molecule has 0 bridgehead atoms. The van der Waals surface area contributed by atoms with Crippen molar-refractivity contribution in [3.63, 3.8) is 0 Å². The summed E-state index contributed by atoms with van der Waals surface area (Å²) in [5, 5.41) is 55.1. The molecule has 14 heavy (non-hydrogen) atoms. The quantitative estimate of drug-likeness (QED) is 0.252. The largest absolute Gasteiger partial charge is 0.479 e. The van der Waals surface area contributed by atoms with Gasteiger partial charge in [-0.15, -0.1) is 0 Å². The van der Waals surface area contributed by atoms with Crippen LogP contribution in [0.15, 0.2) is 0 Å². The maximum absolute atomic E-state index is 10.6. The van der Waals surface area contributed by atoms with Crippen LogP contribution in [0.1, 0.15) is 13.8 Å². The molecule has 1 aliphatic rings. The standard InChI is InChI=1S/C7H12O7/c1-4(10)5(2,11)7(13,14)6(4,12)3(8)9/h10-14H,1-2H3,(H,8,9). The van der Waals surface area contributed by atoms with E-state index in [1.54, 1.807) is 0 Å².